The Bertz CT molecular complexity index is 1330. The number of aromatic nitrogens is 2. The molecule has 0 atom stereocenters. The van der Waals surface area contributed by atoms with Crippen LogP contribution in [0.15, 0.2) is 84.0 Å². The van der Waals surface area contributed by atoms with Crippen LogP contribution in [-0.4, -0.2) is 27.8 Å². The Hall–Kier alpha value is -3.72. The fourth-order valence-electron chi connectivity index (χ4n) is 3.82. The van der Waals surface area contributed by atoms with Gasteiger partial charge in [0.2, 0.25) is 5.91 Å². The lowest BCUT2D eigenvalue weighted by Gasteiger charge is -2.17. The van der Waals surface area contributed by atoms with Gasteiger partial charge in [0, 0.05) is 35.0 Å². The molecule has 36 heavy (non-hydrogen) atoms. The van der Waals surface area contributed by atoms with Crippen LogP contribution < -0.4 is 10.1 Å². The maximum absolute atomic E-state index is 13.1. The van der Waals surface area contributed by atoms with E-state index < -0.39 is 6.36 Å². The average Bonchev–Trinajstić information content (AvgIpc) is 3.26. The quantitative estimate of drug-likeness (QED) is 0.260. The molecule has 4 aromatic rings. The van der Waals surface area contributed by atoms with Crippen molar-refractivity contribution in [1.82, 2.24) is 9.78 Å². The molecule has 1 heterocycles. The van der Waals surface area contributed by atoms with Crippen molar-refractivity contribution in [2.45, 2.75) is 24.6 Å². The van der Waals surface area contributed by atoms with Crippen LogP contribution in [0.5, 0.6) is 5.75 Å². The Balaban J connectivity index is 1.56. The fourth-order valence-corrected chi connectivity index (χ4v) is 4.48. The van der Waals surface area contributed by atoms with Crippen molar-refractivity contribution in [2.75, 3.05) is 11.1 Å². The molecule has 3 aromatic carbocycles. The van der Waals surface area contributed by atoms with Crippen molar-refractivity contribution >= 4 is 23.4 Å². The molecule has 0 bridgehead atoms. The highest BCUT2D eigenvalue weighted by molar-refractivity contribution is 7.99. The fraction of sp³-hybridized carbons (Fsp3) is 0.185. The molecular formula is C27H24F3N3O2S. The second kappa shape index (κ2) is 10.9. The number of rotatable bonds is 8. The molecule has 1 amide bonds. The number of ether oxygens (including phenoxy) is 1. The first kappa shape index (κ1) is 25.4. The number of alkyl halides is 3. The lowest BCUT2D eigenvalue weighted by Crippen LogP contribution is -2.17. The van der Waals surface area contributed by atoms with Crippen molar-refractivity contribution in [3.63, 3.8) is 0 Å². The summed E-state index contributed by atoms with van der Waals surface area (Å²) in [4.78, 5) is 13.7. The summed E-state index contributed by atoms with van der Waals surface area (Å²) >= 11 is 1.73. The van der Waals surface area contributed by atoms with Gasteiger partial charge in [-0.15, -0.1) is 24.9 Å². The SMILES string of the molecule is CCSc1ccc(CC(=O)Nc2ccc(-c3c(OC(F)(F)F)cccc3-c3cnn(C)c3)cc2)cc1. The summed E-state index contributed by atoms with van der Waals surface area (Å²) in [5.41, 5.74) is 3.43. The van der Waals surface area contributed by atoms with Crippen LogP contribution in [0, 0.1) is 0 Å². The van der Waals surface area contributed by atoms with Crippen molar-refractivity contribution in [3.8, 4) is 28.0 Å². The average molecular weight is 512 g/mol. The van der Waals surface area contributed by atoms with E-state index in [-0.39, 0.29) is 23.6 Å². The third-order valence-corrected chi connectivity index (χ3v) is 6.22. The topological polar surface area (TPSA) is 56.1 Å². The monoisotopic (exact) mass is 511 g/mol. The lowest BCUT2D eigenvalue weighted by molar-refractivity contribution is -0.274. The van der Waals surface area contributed by atoms with Crippen molar-refractivity contribution in [2.24, 2.45) is 7.05 Å². The minimum Gasteiger partial charge on any atom is -0.405 e. The summed E-state index contributed by atoms with van der Waals surface area (Å²) in [6.07, 6.45) is -1.33. The van der Waals surface area contributed by atoms with Gasteiger partial charge in [0.05, 0.1) is 12.6 Å². The third kappa shape index (κ3) is 6.48. The Morgan fingerprint density at radius 3 is 2.36 bits per heavy atom. The molecule has 4 rings (SSSR count). The molecule has 186 valence electrons. The van der Waals surface area contributed by atoms with Crippen LogP contribution in [0.2, 0.25) is 0 Å². The number of hydrogen-bond donors (Lipinski definition) is 1. The summed E-state index contributed by atoms with van der Waals surface area (Å²) in [6.45, 7) is 2.08. The minimum atomic E-state index is -4.84. The standard InChI is InChI=1S/C27H24F3N3O2S/c1-3-36-22-13-7-18(8-14-22)15-25(34)32-21-11-9-19(10-12-21)26-23(20-16-31-33(2)17-20)5-4-6-24(26)35-27(28,29)30/h4-14,16-17H,3,15H2,1-2H3,(H,32,34). The van der Waals surface area contributed by atoms with Crippen LogP contribution >= 0.6 is 11.8 Å². The number of nitrogens with one attached hydrogen (secondary N) is 1. The van der Waals surface area contributed by atoms with Gasteiger partial charge in [-0.2, -0.15) is 5.10 Å². The zero-order valence-electron chi connectivity index (χ0n) is 19.7. The number of hydrogen-bond acceptors (Lipinski definition) is 4. The van der Waals surface area contributed by atoms with E-state index in [0.29, 0.717) is 22.4 Å². The molecule has 0 spiro atoms. The maximum Gasteiger partial charge on any atom is 0.573 e. The molecular weight excluding hydrogens is 487 g/mol. The predicted molar refractivity (Wildman–Crippen MR) is 136 cm³/mol. The van der Waals surface area contributed by atoms with Crippen LogP contribution in [0.4, 0.5) is 18.9 Å². The first-order valence-electron chi connectivity index (χ1n) is 11.2. The number of anilines is 1. The lowest BCUT2D eigenvalue weighted by atomic mass is 9.95. The number of carbonyl (C=O) groups excluding carboxylic acids is 1. The smallest absolute Gasteiger partial charge is 0.405 e. The Morgan fingerprint density at radius 2 is 1.75 bits per heavy atom. The summed E-state index contributed by atoms with van der Waals surface area (Å²) in [6, 6.07) is 19.0. The van der Waals surface area contributed by atoms with Crippen molar-refractivity contribution in [1.29, 1.82) is 0 Å². The van der Waals surface area contributed by atoms with E-state index in [1.807, 2.05) is 24.3 Å². The van der Waals surface area contributed by atoms with Crippen LogP contribution in [-0.2, 0) is 18.3 Å². The molecule has 9 heteroatoms. The number of nitrogens with zero attached hydrogens (tertiary/aromatic N) is 2. The largest absolute Gasteiger partial charge is 0.573 e. The Morgan fingerprint density at radius 1 is 1.03 bits per heavy atom. The van der Waals surface area contributed by atoms with Gasteiger partial charge in [0.15, 0.2) is 0 Å². The van der Waals surface area contributed by atoms with E-state index in [4.69, 9.17) is 0 Å². The molecule has 0 aliphatic rings. The molecule has 0 saturated heterocycles. The van der Waals surface area contributed by atoms with Crippen molar-refractivity contribution < 1.29 is 22.7 Å². The molecule has 0 fully saturated rings. The molecule has 0 unspecified atom stereocenters. The molecule has 5 nitrogen and oxygen atoms in total. The molecule has 0 saturated carbocycles. The molecule has 1 aromatic heterocycles. The zero-order chi connectivity index (χ0) is 25.7. The van der Waals surface area contributed by atoms with Gasteiger partial charge in [-0.1, -0.05) is 43.3 Å². The van der Waals surface area contributed by atoms with E-state index in [2.05, 4.69) is 22.1 Å². The molecule has 0 aliphatic heterocycles. The van der Waals surface area contributed by atoms with Gasteiger partial charge in [-0.25, -0.2) is 0 Å². The molecule has 0 radical (unpaired) electrons. The van der Waals surface area contributed by atoms with Gasteiger partial charge < -0.3 is 10.1 Å². The normalized spacial score (nSPS) is 11.4. The number of amides is 1. The van der Waals surface area contributed by atoms with Crippen LogP contribution in [0.1, 0.15) is 12.5 Å². The number of halogens is 3. The number of thioether (sulfide) groups is 1. The first-order valence-corrected chi connectivity index (χ1v) is 12.2. The van der Waals surface area contributed by atoms with Crippen molar-refractivity contribution in [3.05, 3.63) is 84.7 Å². The second-order valence-electron chi connectivity index (χ2n) is 8.01. The van der Waals surface area contributed by atoms with E-state index >= 15 is 0 Å². The van der Waals surface area contributed by atoms with Gasteiger partial charge in [0.1, 0.15) is 5.75 Å². The molecule has 1 N–H and O–H groups in total. The maximum atomic E-state index is 13.1. The summed E-state index contributed by atoms with van der Waals surface area (Å²) in [5, 5.41) is 6.97. The number of aryl methyl sites for hydroxylation is 1. The van der Waals surface area contributed by atoms with Gasteiger partial charge in [-0.3, -0.25) is 9.48 Å². The summed E-state index contributed by atoms with van der Waals surface area (Å²) in [7, 11) is 1.73. The summed E-state index contributed by atoms with van der Waals surface area (Å²) in [5.74, 6) is 0.479. The predicted octanol–water partition coefficient (Wildman–Crippen LogP) is 6.95. The number of benzene rings is 3. The van der Waals surface area contributed by atoms with Gasteiger partial charge in [0.25, 0.3) is 0 Å². The van der Waals surface area contributed by atoms with E-state index in [1.54, 1.807) is 66.2 Å². The second-order valence-corrected chi connectivity index (χ2v) is 9.35. The highest BCUT2D eigenvalue weighted by Gasteiger charge is 2.33. The van der Waals surface area contributed by atoms with E-state index in [9.17, 15) is 18.0 Å². The first-order chi connectivity index (χ1) is 17.2. The highest BCUT2D eigenvalue weighted by atomic mass is 32.2. The number of carbonyl (C=O) groups is 1. The van der Waals surface area contributed by atoms with Crippen LogP contribution in [0.25, 0.3) is 22.3 Å². The van der Waals surface area contributed by atoms with Gasteiger partial charge in [-0.05, 0) is 52.8 Å². The van der Waals surface area contributed by atoms with Gasteiger partial charge >= 0.3 is 6.36 Å². The van der Waals surface area contributed by atoms with Crippen LogP contribution in [0.3, 0.4) is 0 Å². The third-order valence-electron chi connectivity index (χ3n) is 5.32. The van der Waals surface area contributed by atoms with E-state index in [0.717, 1.165) is 16.2 Å². The summed E-state index contributed by atoms with van der Waals surface area (Å²) < 4.78 is 45.3. The Kier molecular flexibility index (Phi) is 7.69. The molecule has 0 aliphatic carbocycles. The highest BCUT2D eigenvalue weighted by Crippen LogP contribution is 2.41. The zero-order valence-corrected chi connectivity index (χ0v) is 20.5. The van der Waals surface area contributed by atoms with E-state index in [1.165, 1.54) is 12.1 Å². The Labute approximate surface area is 211 Å². The minimum absolute atomic E-state index is 0.185.